The number of halogens is 1. The maximum atomic E-state index is 12.0. The molecule has 0 aromatic heterocycles. The molecule has 0 saturated carbocycles. The fourth-order valence-corrected chi connectivity index (χ4v) is 2.46. The van der Waals surface area contributed by atoms with E-state index in [1.54, 1.807) is 24.4 Å². The minimum atomic E-state index is -0.399. The van der Waals surface area contributed by atoms with Crippen LogP contribution < -0.4 is 10.7 Å². The first-order valence-corrected chi connectivity index (χ1v) is 8.43. The summed E-state index contributed by atoms with van der Waals surface area (Å²) in [7, 11) is 0. The van der Waals surface area contributed by atoms with Gasteiger partial charge in [-0.3, -0.25) is 9.59 Å². The summed E-state index contributed by atoms with van der Waals surface area (Å²) in [4.78, 5) is 23.7. The number of allylic oxidation sites excluding steroid dienone is 1. The number of carbonyl (C=O) groups excluding carboxylic acids is 2. The smallest absolute Gasteiger partial charge is 0.259 e. The highest BCUT2D eigenvalue weighted by Crippen LogP contribution is 2.15. The van der Waals surface area contributed by atoms with Gasteiger partial charge in [0, 0.05) is 4.47 Å². The molecule has 5 nitrogen and oxygen atoms in total. The third kappa shape index (κ3) is 6.35. The van der Waals surface area contributed by atoms with Gasteiger partial charge in [-0.25, -0.2) is 5.43 Å². The minimum Gasteiger partial charge on any atom is -0.343 e. The van der Waals surface area contributed by atoms with E-state index in [0.717, 1.165) is 11.1 Å². The topological polar surface area (TPSA) is 70.6 Å². The molecule has 2 aromatic rings. The molecule has 2 rings (SSSR count). The van der Waals surface area contributed by atoms with Crippen LogP contribution in [0.25, 0.3) is 6.08 Å². The van der Waals surface area contributed by atoms with Crippen molar-refractivity contribution in [3.63, 3.8) is 0 Å². The Labute approximate surface area is 155 Å². The lowest BCUT2D eigenvalue weighted by Crippen LogP contribution is -2.35. The molecule has 2 aromatic carbocycles. The molecule has 0 atom stereocenters. The lowest BCUT2D eigenvalue weighted by Gasteiger charge is -2.05. The summed E-state index contributed by atoms with van der Waals surface area (Å²) in [6.45, 7) is 1.73. The van der Waals surface area contributed by atoms with Gasteiger partial charge in [0.25, 0.3) is 11.8 Å². The summed E-state index contributed by atoms with van der Waals surface area (Å²) in [5, 5.41) is 6.43. The van der Waals surface area contributed by atoms with Gasteiger partial charge in [0.15, 0.2) is 0 Å². The summed E-state index contributed by atoms with van der Waals surface area (Å²) < 4.78 is 0.674. The Morgan fingerprint density at radius 2 is 1.76 bits per heavy atom. The fourth-order valence-electron chi connectivity index (χ4n) is 2.00. The molecule has 2 amide bonds. The molecule has 25 heavy (non-hydrogen) atoms. The van der Waals surface area contributed by atoms with Crippen molar-refractivity contribution >= 4 is 40.0 Å². The van der Waals surface area contributed by atoms with Gasteiger partial charge in [-0.2, -0.15) is 5.10 Å². The van der Waals surface area contributed by atoms with Crippen LogP contribution >= 0.6 is 15.9 Å². The monoisotopic (exact) mass is 399 g/mol. The van der Waals surface area contributed by atoms with Crippen LogP contribution in [0.3, 0.4) is 0 Å². The summed E-state index contributed by atoms with van der Waals surface area (Å²) >= 11 is 3.30. The van der Waals surface area contributed by atoms with Gasteiger partial charge in [0.1, 0.15) is 0 Å². The lowest BCUT2D eigenvalue weighted by molar-refractivity contribution is -0.120. The van der Waals surface area contributed by atoms with Crippen LogP contribution in [0.1, 0.15) is 22.8 Å². The Morgan fingerprint density at radius 1 is 1.08 bits per heavy atom. The average Bonchev–Trinajstić information content (AvgIpc) is 2.61. The predicted octanol–water partition coefficient (Wildman–Crippen LogP) is 3.38. The molecule has 0 fully saturated rings. The van der Waals surface area contributed by atoms with Crippen LogP contribution in [0.4, 0.5) is 0 Å². The zero-order valence-electron chi connectivity index (χ0n) is 13.7. The van der Waals surface area contributed by atoms with Crippen LogP contribution in [0.5, 0.6) is 0 Å². The maximum Gasteiger partial charge on any atom is 0.259 e. The van der Waals surface area contributed by atoms with Crippen molar-refractivity contribution in [3.8, 4) is 0 Å². The standard InChI is InChI=1S/C19H18BrN3O2/c1-14(11-15-7-3-2-4-8-15)12-22-23-18(24)13-21-19(25)16-9-5-6-10-17(16)20/h2-12H,13H2,1H3,(H,21,25)(H,23,24)/b14-11+,22-12+. The van der Waals surface area contributed by atoms with Gasteiger partial charge in [0.2, 0.25) is 0 Å². The Balaban J connectivity index is 1.80. The molecule has 0 heterocycles. The number of nitrogens with zero attached hydrogens (tertiary/aromatic N) is 1. The molecular weight excluding hydrogens is 382 g/mol. The van der Waals surface area contributed by atoms with E-state index in [1.807, 2.05) is 49.4 Å². The summed E-state index contributed by atoms with van der Waals surface area (Å²) in [6, 6.07) is 16.8. The third-order valence-electron chi connectivity index (χ3n) is 3.18. The highest BCUT2D eigenvalue weighted by molar-refractivity contribution is 9.10. The first kappa shape index (κ1) is 18.6. The molecule has 128 valence electrons. The Morgan fingerprint density at radius 3 is 2.48 bits per heavy atom. The predicted molar refractivity (Wildman–Crippen MR) is 103 cm³/mol. The van der Waals surface area contributed by atoms with Crippen molar-refractivity contribution in [2.75, 3.05) is 6.54 Å². The number of carbonyl (C=O) groups is 2. The van der Waals surface area contributed by atoms with Gasteiger partial charge in [-0.05, 0) is 46.1 Å². The van der Waals surface area contributed by atoms with E-state index < -0.39 is 5.91 Å². The van der Waals surface area contributed by atoms with E-state index in [9.17, 15) is 9.59 Å². The Hall–Kier alpha value is -2.73. The van der Waals surface area contributed by atoms with Crippen LogP contribution in [-0.2, 0) is 4.79 Å². The van der Waals surface area contributed by atoms with Gasteiger partial charge in [-0.15, -0.1) is 0 Å². The van der Waals surface area contributed by atoms with Crippen molar-refractivity contribution in [3.05, 3.63) is 75.8 Å². The second-order valence-corrected chi connectivity index (χ2v) is 6.11. The van der Waals surface area contributed by atoms with Gasteiger partial charge < -0.3 is 5.32 Å². The van der Waals surface area contributed by atoms with Crippen LogP contribution in [-0.4, -0.2) is 24.6 Å². The molecule has 0 radical (unpaired) electrons. The average molecular weight is 400 g/mol. The zero-order chi connectivity index (χ0) is 18.1. The zero-order valence-corrected chi connectivity index (χ0v) is 15.3. The first-order valence-electron chi connectivity index (χ1n) is 7.64. The van der Waals surface area contributed by atoms with Crippen LogP contribution in [0, 0.1) is 0 Å². The normalized spacial score (nSPS) is 11.4. The Kier molecular flexibility index (Phi) is 7.10. The lowest BCUT2D eigenvalue weighted by atomic mass is 10.1. The Bertz CT molecular complexity index is 801. The molecule has 0 spiro atoms. The van der Waals surface area contributed by atoms with Crippen molar-refractivity contribution in [1.82, 2.24) is 10.7 Å². The number of rotatable bonds is 6. The van der Waals surface area contributed by atoms with Crippen molar-refractivity contribution in [1.29, 1.82) is 0 Å². The van der Waals surface area contributed by atoms with Gasteiger partial charge >= 0.3 is 0 Å². The summed E-state index contributed by atoms with van der Waals surface area (Å²) in [5.41, 5.74) is 4.80. The molecule has 0 aliphatic heterocycles. The van der Waals surface area contributed by atoms with E-state index in [4.69, 9.17) is 0 Å². The van der Waals surface area contributed by atoms with Crippen LogP contribution in [0.2, 0.25) is 0 Å². The molecule has 6 heteroatoms. The molecule has 0 aliphatic carbocycles. The van der Waals surface area contributed by atoms with E-state index in [0.29, 0.717) is 10.0 Å². The van der Waals surface area contributed by atoms with E-state index in [1.165, 1.54) is 0 Å². The first-order chi connectivity index (χ1) is 12.1. The molecule has 0 unspecified atom stereocenters. The quantitative estimate of drug-likeness (QED) is 0.577. The van der Waals surface area contributed by atoms with E-state index in [-0.39, 0.29) is 12.5 Å². The summed E-state index contributed by atoms with van der Waals surface area (Å²) in [5.74, 6) is -0.726. The molecular formula is C19H18BrN3O2. The third-order valence-corrected chi connectivity index (χ3v) is 3.87. The SMILES string of the molecule is CC(/C=N/NC(=O)CNC(=O)c1ccccc1Br)=C\c1ccccc1. The van der Waals surface area contributed by atoms with Crippen LogP contribution in [0.15, 0.2) is 69.7 Å². The number of amides is 2. The number of nitrogens with one attached hydrogen (secondary N) is 2. The van der Waals surface area contributed by atoms with Gasteiger partial charge in [0.05, 0.1) is 18.3 Å². The van der Waals surface area contributed by atoms with E-state index in [2.05, 4.69) is 31.8 Å². The highest BCUT2D eigenvalue weighted by atomic mass is 79.9. The second kappa shape index (κ2) is 9.54. The number of hydrogen-bond acceptors (Lipinski definition) is 3. The van der Waals surface area contributed by atoms with Crippen molar-refractivity contribution in [2.45, 2.75) is 6.92 Å². The van der Waals surface area contributed by atoms with Gasteiger partial charge in [-0.1, -0.05) is 48.5 Å². The fraction of sp³-hybridized carbons (Fsp3) is 0.105. The molecule has 0 saturated heterocycles. The largest absolute Gasteiger partial charge is 0.343 e. The highest BCUT2D eigenvalue weighted by Gasteiger charge is 2.10. The minimum absolute atomic E-state index is 0.154. The number of hydrazone groups is 1. The van der Waals surface area contributed by atoms with E-state index >= 15 is 0 Å². The number of hydrogen-bond donors (Lipinski definition) is 2. The summed E-state index contributed by atoms with van der Waals surface area (Å²) in [6.07, 6.45) is 3.50. The molecule has 0 bridgehead atoms. The molecule has 0 aliphatic rings. The molecule has 2 N–H and O–H groups in total. The van der Waals surface area contributed by atoms with Crippen molar-refractivity contribution in [2.24, 2.45) is 5.10 Å². The maximum absolute atomic E-state index is 12.0. The van der Waals surface area contributed by atoms with Crippen molar-refractivity contribution < 1.29 is 9.59 Å². The number of benzene rings is 2. The second-order valence-electron chi connectivity index (χ2n) is 5.25.